The number of sulfonamides is 1. The normalized spacial score (nSPS) is 19.3. The highest BCUT2D eigenvalue weighted by Gasteiger charge is 2.29. The Morgan fingerprint density at radius 3 is 2.50 bits per heavy atom. The van der Waals surface area contributed by atoms with Crippen LogP contribution in [0.2, 0.25) is 0 Å². The van der Waals surface area contributed by atoms with Gasteiger partial charge in [-0.05, 0) is 68.1 Å². The van der Waals surface area contributed by atoms with Crippen LogP contribution in [0.4, 0.5) is 10.1 Å². The summed E-state index contributed by atoms with van der Waals surface area (Å²) in [5.74, 6) is -0.554. The van der Waals surface area contributed by atoms with Crippen LogP contribution >= 0.6 is 0 Å². The van der Waals surface area contributed by atoms with Gasteiger partial charge in [-0.2, -0.15) is 0 Å². The average molecular weight is 435 g/mol. The van der Waals surface area contributed by atoms with Crippen molar-refractivity contribution < 1.29 is 22.3 Å². The van der Waals surface area contributed by atoms with E-state index >= 15 is 0 Å². The first-order valence-electron chi connectivity index (χ1n) is 10.2. The van der Waals surface area contributed by atoms with Gasteiger partial charge in [0.25, 0.3) is 5.91 Å². The molecule has 0 aromatic heterocycles. The molecular formula is C22H27FN2O4S. The van der Waals surface area contributed by atoms with E-state index in [0.29, 0.717) is 18.0 Å². The van der Waals surface area contributed by atoms with E-state index in [1.165, 1.54) is 6.07 Å². The monoisotopic (exact) mass is 434 g/mol. The second kappa shape index (κ2) is 9.57. The summed E-state index contributed by atoms with van der Waals surface area (Å²) in [7, 11) is -4.09. The smallest absolute Gasteiger partial charge is 0.255 e. The number of amides is 1. The molecule has 3 rings (SSSR count). The fraction of sp³-hybridized carbons (Fsp3) is 0.409. The van der Waals surface area contributed by atoms with E-state index < -0.39 is 26.6 Å². The van der Waals surface area contributed by atoms with E-state index in [4.69, 9.17) is 4.74 Å². The Balaban J connectivity index is 1.77. The highest BCUT2D eigenvalue weighted by atomic mass is 32.2. The zero-order valence-corrected chi connectivity index (χ0v) is 18.0. The molecule has 8 heteroatoms. The summed E-state index contributed by atoms with van der Waals surface area (Å²) in [6.07, 6.45) is 3.65. The Kier molecular flexibility index (Phi) is 7.10. The summed E-state index contributed by atoms with van der Waals surface area (Å²) in [5.41, 5.74) is 0.577. The highest BCUT2D eigenvalue weighted by molar-refractivity contribution is 7.89. The van der Waals surface area contributed by atoms with E-state index in [0.717, 1.165) is 37.8 Å². The second-order valence-electron chi connectivity index (χ2n) is 7.55. The van der Waals surface area contributed by atoms with Crippen LogP contribution in [0.5, 0.6) is 5.75 Å². The number of nitrogens with one attached hydrogen (secondary N) is 2. The Labute approximate surface area is 176 Å². The lowest BCUT2D eigenvalue weighted by Gasteiger charge is -2.29. The Bertz CT molecular complexity index is 993. The molecule has 1 aliphatic rings. The molecule has 0 saturated heterocycles. The minimum absolute atomic E-state index is 0.0577. The summed E-state index contributed by atoms with van der Waals surface area (Å²) in [6, 6.07) is 9.91. The maximum absolute atomic E-state index is 14.4. The highest BCUT2D eigenvalue weighted by Crippen LogP contribution is 2.26. The molecule has 1 aliphatic carbocycles. The first-order chi connectivity index (χ1) is 14.3. The Morgan fingerprint density at radius 1 is 1.13 bits per heavy atom. The molecule has 0 heterocycles. The van der Waals surface area contributed by atoms with Crippen molar-refractivity contribution >= 4 is 21.6 Å². The molecule has 2 N–H and O–H groups in total. The molecule has 2 aromatic carbocycles. The quantitative estimate of drug-likeness (QED) is 0.679. The fourth-order valence-electron chi connectivity index (χ4n) is 3.61. The molecule has 0 bridgehead atoms. The van der Waals surface area contributed by atoms with Gasteiger partial charge in [0.2, 0.25) is 10.0 Å². The van der Waals surface area contributed by atoms with Crippen LogP contribution < -0.4 is 14.8 Å². The van der Waals surface area contributed by atoms with Gasteiger partial charge in [-0.15, -0.1) is 0 Å². The SMILES string of the molecule is CCOc1ccc(NC(=O)c2ccc(F)c(S(=O)(=O)N[C@H]3CCCC[C@@H]3C)c2)cc1. The minimum atomic E-state index is -4.09. The lowest BCUT2D eigenvalue weighted by atomic mass is 9.87. The zero-order chi connectivity index (χ0) is 21.7. The van der Waals surface area contributed by atoms with Gasteiger partial charge in [-0.3, -0.25) is 4.79 Å². The van der Waals surface area contributed by atoms with Crippen molar-refractivity contribution in [1.82, 2.24) is 4.72 Å². The maximum atomic E-state index is 14.4. The van der Waals surface area contributed by atoms with E-state index in [1.807, 2.05) is 13.8 Å². The average Bonchev–Trinajstić information content (AvgIpc) is 2.71. The van der Waals surface area contributed by atoms with Gasteiger partial charge < -0.3 is 10.1 Å². The molecule has 0 spiro atoms. The van der Waals surface area contributed by atoms with Crippen molar-refractivity contribution in [2.24, 2.45) is 5.92 Å². The van der Waals surface area contributed by atoms with E-state index in [9.17, 15) is 17.6 Å². The summed E-state index contributed by atoms with van der Waals surface area (Å²) in [6.45, 7) is 4.40. The predicted octanol–water partition coefficient (Wildman–Crippen LogP) is 4.33. The topological polar surface area (TPSA) is 84.5 Å². The Hall–Kier alpha value is -2.45. The molecule has 1 fully saturated rings. The van der Waals surface area contributed by atoms with Gasteiger partial charge >= 0.3 is 0 Å². The first kappa shape index (κ1) is 22.2. The van der Waals surface area contributed by atoms with Crippen molar-refractivity contribution in [3.05, 3.63) is 53.8 Å². The van der Waals surface area contributed by atoms with Gasteiger partial charge in [-0.1, -0.05) is 19.8 Å². The van der Waals surface area contributed by atoms with Crippen molar-refractivity contribution in [2.75, 3.05) is 11.9 Å². The van der Waals surface area contributed by atoms with E-state index in [1.54, 1.807) is 24.3 Å². The maximum Gasteiger partial charge on any atom is 0.255 e. The first-order valence-corrected chi connectivity index (χ1v) is 11.6. The van der Waals surface area contributed by atoms with Gasteiger partial charge in [0.1, 0.15) is 16.5 Å². The molecule has 162 valence electrons. The largest absolute Gasteiger partial charge is 0.494 e. The van der Waals surface area contributed by atoms with Gasteiger partial charge in [-0.25, -0.2) is 17.5 Å². The molecule has 6 nitrogen and oxygen atoms in total. The third-order valence-electron chi connectivity index (χ3n) is 5.32. The van der Waals surface area contributed by atoms with Crippen LogP contribution in [0.3, 0.4) is 0 Å². The fourth-order valence-corrected chi connectivity index (χ4v) is 5.09. The van der Waals surface area contributed by atoms with Crippen LogP contribution in [0.15, 0.2) is 47.4 Å². The molecule has 0 aliphatic heterocycles. The zero-order valence-electron chi connectivity index (χ0n) is 17.2. The number of rotatable bonds is 7. The summed E-state index contributed by atoms with van der Waals surface area (Å²) < 4.78 is 47.9. The lowest BCUT2D eigenvalue weighted by Crippen LogP contribution is -2.41. The van der Waals surface area contributed by atoms with Gasteiger partial charge in [0, 0.05) is 17.3 Å². The molecule has 0 unspecified atom stereocenters. The van der Waals surface area contributed by atoms with Crippen molar-refractivity contribution in [2.45, 2.75) is 50.5 Å². The number of benzene rings is 2. The van der Waals surface area contributed by atoms with Gasteiger partial charge in [0.15, 0.2) is 0 Å². The standard InChI is InChI=1S/C22H27FN2O4S/c1-3-29-18-11-9-17(10-12-18)24-22(26)16-8-13-19(23)21(14-16)30(27,28)25-20-7-5-4-6-15(20)2/h8-15,20,25H,3-7H2,1-2H3,(H,24,26)/t15-,20-/m0/s1. The Morgan fingerprint density at radius 2 is 1.83 bits per heavy atom. The van der Waals surface area contributed by atoms with Crippen LogP contribution in [0.1, 0.15) is 49.9 Å². The van der Waals surface area contributed by atoms with Gasteiger partial charge in [0.05, 0.1) is 6.61 Å². The van der Waals surface area contributed by atoms with Crippen LogP contribution in [0, 0.1) is 11.7 Å². The van der Waals surface area contributed by atoms with Crippen LogP contribution in [0.25, 0.3) is 0 Å². The second-order valence-corrected chi connectivity index (χ2v) is 9.23. The van der Waals surface area contributed by atoms with E-state index in [-0.39, 0.29) is 17.5 Å². The molecule has 1 saturated carbocycles. The van der Waals surface area contributed by atoms with Crippen molar-refractivity contribution in [3.8, 4) is 5.75 Å². The van der Waals surface area contributed by atoms with Crippen molar-refractivity contribution in [1.29, 1.82) is 0 Å². The number of anilines is 1. The van der Waals surface area contributed by atoms with Crippen LogP contribution in [-0.2, 0) is 10.0 Å². The predicted molar refractivity (Wildman–Crippen MR) is 114 cm³/mol. The molecule has 1 amide bonds. The number of carbonyl (C=O) groups is 1. The third-order valence-corrected chi connectivity index (χ3v) is 6.83. The number of hydrogen-bond donors (Lipinski definition) is 2. The van der Waals surface area contributed by atoms with E-state index in [2.05, 4.69) is 10.0 Å². The summed E-state index contributed by atoms with van der Waals surface area (Å²) >= 11 is 0. The lowest BCUT2D eigenvalue weighted by molar-refractivity contribution is 0.102. The number of carbonyl (C=O) groups excluding carboxylic acids is 1. The van der Waals surface area contributed by atoms with Crippen molar-refractivity contribution in [3.63, 3.8) is 0 Å². The molecule has 2 aromatic rings. The molecule has 2 atom stereocenters. The molecule has 0 radical (unpaired) electrons. The minimum Gasteiger partial charge on any atom is -0.494 e. The number of halogens is 1. The third kappa shape index (κ3) is 5.37. The molecule has 30 heavy (non-hydrogen) atoms. The number of hydrogen-bond acceptors (Lipinski definition) is 4. The molecular weight excluding hydrogens is 407 g/mol. The number of ether oxygens (including phenoxy) is 1. The van der Waals surface area contributed by atoms with Crippen LogP contribution in [-0.4, -0.2) is 27.0 Å². The summed E-state index contributed by atoms with van der Waals surface area (Å²) in [4.78, 5) is 12.1. The summed E-state index contributed by atoms with van der Waals surface area (Å²) in [5, 5.41) is 2.68.